The van der Waals surface area contributed by atoms with Crippen LogP contribution in [0, 0.1) is 0 Å². The summed E-state index contributed by atoms with van der Waals surface area (Å²) < 4.78 is 2.03. The number of amidine groups is 1. The second kappa shape index (κ2) is 4.15. The van der Waals surface area contributed by atoms with Crippen molar-refractivity contribution in [2.24, 2.45) is 5.73 Å². The Morgan fingerprint density at radius 3 is 2.39 bits per heavy atom. The molecule has 0 spiro atoms. The Bertz CT molecular complexity index is 652. The highest BCUT2D eigenvalue weighted by molar-refractivity contribution is 6.27. The van der Waals surface area contributed by atoms with E-state index in [1.165, 1.54) is 11.1 Å². The molecule has 0 fully saturated rings. The molecule has 2 aromatic rings. The molecule has 1 aliphatic heterocycles. The highest BCUT2D eigenvalue weighted by atomic mass is 15.1. The zero-order chi connectivity index (χ0) is 12.5. The molecule has 0 atom stereocenters. The van der Waals surface area contributed by atoms with Gasteiger partial charge in [0.1, 0.15) is 5.69 Å². The minimum absolute atomic E-state index is 0.806. The largest absolute Gasteiger partial charge is 0.286 e. The van der Waals surface area contributed by atoms with E-state index in [1.54, 1.807) is 0 Å². The van der Waals surface area contributed by atoms with Crippen molar-refractivity contribution >= 4 is 23.2 Å². The Morgan fingerprint density at radius 1 is 0.944 bits per heavy atom. The summed E-state index contributed by atoms with van der Waals surface area (Å²) in [6.07, 6.45) is 2.14. The minimum Gasteiger partial charge on any atom is -0.286 e. The molecule has 2 heteroatoms. The summed E-state index contributed by atoms with van der Waals surface area (Å²) in [4.78, 5) is 0. The monoisotopic (exact) mass is 235 g/mol. The van der Waals surface area contributed by atoms with Crippen LogP contribution in [0.25, 0.3) is 11.6 Å². The second-order valence-corrected chi connectivity index (χ2v) is 4.43. The summed E-state index contributed by atoms with van der Waals surface area (Å²) in [7, 11) is 2.00. The third kappa shape index (κ3) is 1.63. The Morgan fingerprint density at radius 2 is 1.61 bits per heavy atom. The molecule has 18 heavy (non-hydrogen) atoms. The number of rotatable bonds is 1. The lowest BCUT2D eigenvalue weighted by molar-refractivity contribution is -0.401. The van der Waals surface area contributed by atoms with E-state index < -0.39 is 0 Å². The van der Waals surface area contributed by atoms with Crippen molar-refractivity contribution in [3.8, 4) is 0 Å². The van der Waals surface area contributed by atoms with E-state index in [0.717, 1.165) is 17.1 Å². The number of benzene rings is 2. The fourth-order valence-electron chi connectivity index (χ4n) is 2.31. The molecule has 0 unspecified atom stereocenters. The molecule has 0 saturated heterocycles. The maximum absolute atomic E-state index is 6.19. The van der Waals surface area contributed by atoms with E-state index in [-0.39, 0.29) is 0 Å². The zero-order valence-electron chi connectivity index (χ0n) is 10.3. The average Bonchev–Trinajstić information content (AvgIpc) is 2.66. The molecule has 1 heterocycles. The molecule has 0 bridgehead atoms. The molecule has 0 radical (unpaired) electrons. The Balaban J connectivity index is 2.17. The summed E-state index contributed by atoms with van der Waals surface area (Å²) in [6.45, 7) is 0. The minimum atomic E-state index is 0.806. The van der Waals surface area contributed by atoms with Gasteiger partial charge in [0.2, 0.25) is 0 Å². The lowest BCUT2D eigenvalue weighted by atomic mass is 10.0. The van der Waals surface area contributed by atoms with Crippen molar-refractivity contribution in [2.75, 3.05) is 7.05 Å². The molecule has 1 aliphatic rings. The lowest BCUT2D eigenvalue weighted by Gasteiger charge is -1.98. The van der Waals surface area contributed by atoms with Crippen LogP contribution in [0.4, 0.5) is 5.69 Å². The summed E-state index contributed by atoms with van der Waals surface area (Å²) in [6, 6.07) is 18.5. The normalized spacial score (nSPS) is 16.2. The van der Waals surface area contributed by atoms with E-state index in [0.29, 0.717) is 0 Å². The lowest BCUT2D eigenvalue weighted by Crippen LogP contribution is -2.18. The summed E-state index contributed by atoms with van der Waals surface area (Å²) in [5.41, 5.74) is 10.8. The molecule has 2 nitrogen and oxygen atoms in total. The van der Waals surface area contributed by atoms with Gasteiger partial charge < -0.3 is 0 Å². The smallest absolute Gasteiger partial charge is 0.280 e. The van der Waals surface area contributed by atoms with Crippen LogP contribution in [0.1, 0.15) is 11.1 Å². The molecule has 3 rings (SSSR count). The van der Waals surface area contributed by atoms with Gasteiger partial charge in [0.05, 0.1) is 12.6 Å². The van der Waals surface area contributed by atoms with Gasteiger partial charge in [0, 0.05) is 5.56 Å². The van der Waals surface area contributed by atoms with Crippen LogP contribution >= 0.6 is 0 Å². The van der Waals surface area contributed by atoms with Crippen LogP contribution in [-0.4, -0.2) is 17.5 Å². The first-order valence-corrected chi connectivity index (χ1v) is 6.00. The summed E-state index contributed by atoms with van der Waals surface area (Å²) >= 11 is 0. The van der Waals surface area contributed by atoms with Crippen molar-refractivity contribution in [3.63, 3.8) is 0 Å². The third-order valence-corrected chi connectivity index (χ3v) is 3.30. The number of hydrogen-bond acceptors (Lipinski definition) is 1. The molecule has 0 amide bonds. The van der Waals surface area contributed by atoms with Crippen molar-refractivity contribution in [1.82, 2.24) is 0 Å². The van der Waals surface area contributed by atoms with Crippen LogP contribution in [0.3, 0.4) is 0 Å². The second-order valence-electron chi connectivity index (χ2n) is 4.43. The van der Waals surface area contributed by atoms with Crippen LogP contribution < -0.4 is 5.73 Å². The standard InChI is InChI=1S/C16H14N2/c1-18-15-10-6-5-9-13(15)14(16(18)17)11-12-7-3-2-4-8-12/h2-11,17H,1H3/p+1/b14-11-. The van der Waals surface area contributed by atoms with E-state index >= 15 is 0 Å². The van der Waals surface area contributed by atoms with Gasteiger partial charge >= 0.3 is 0 Å². The van der Waals surface area contributed by atoms with E-state index in [2.05, 4.69) is 30.3 Å². The predicted molar refractivity (Wildman–Crippen MR) is 75.8 cm³/mol. The van der Waals surface area contributed by atoms with Crippen LogP contribution in [-0.2, 0) is 0 Å². The Hall–Kier alpha value is -2.35. The van der Waals surface area contributed by atoms with E-state index in [9.17, 15) is 0 Å². The Labute approximate surface area is 107 Å². The highest BCUT2D eigenvalue weighted by Gasteiger charge is 2.27. The van der Waals surface area contributed by atoms with Crippen molar-refractivity contribution in [1.29, 1.82) is 0 Å². The first-order valence-electron chi connectivity index (χ1n) is 6.00. The van der Waals surface area contributed by atoms with Crippen LogP contribution in [0.2, 0.25) is 0 Å². The van der Waals surface area contributed by atoms with Crippen LogP contribution in [0.15, 0.2) is 54.6 Å². The first-order chi connectivity index (χ1) is 8.77. The molecular weight excluding hydrogens is 220 g/mol. The Kier molecular flexibility index (Phi) is 2.49. The number of fused-ring (bicyclic) bond motifs is 1. The predicted octanol–water partition coefficient (Wildman–Crippen LogP) is 2.87. The topological polar surface area (TPSA) is 29.0 Å². The number of nitrogens with zero attached hydrogens (tertiary/aromatic N) is 1. The fourth-order valence-corrected chi connectivity index (χ4v) is 2.31. The molecule has 0 aromatic heterocycles. The summed E-state index contributed by atoms with van der Waals surface area (Å²) in [5, 5.41) is 0. The van der Waals surface area contributed by atoms with E-state index in [1.807, 2.05) is 42.0 Å². The third-order valence-electron chi connectivity index (χ3n) is 3.30. The van der Waals surface area contributed by atoms with Gasteiger partial charge in [-0.1, -0.05) is 42.5 Å². The van der Waals surface area contributed by atoms with Crippen LogP contribution in [0.5, 0.6) is 0 Å². The van der Waals surface area contributed by atoms with Gasteiger partial charge in [-0.2, -0.15) is 0 Å². The van der Waals surface area contributed by atoms with Crippen molar-refractivity contribution in [2.45, 2.75) is 0 Å². The average molecular weight is 235 g/mol. The molecule has 2 aromatic carbocycles. The van der Waals surface area contributed by atoms with Crippen molar-refractivity contribution < 1.29 is 4.58 Å². The molecule has 0 saturated carbocycles. The quantitative estimate of drug-likeness (QED) is 0.757. The maximum atomic E-state index is 6.19. The molecule has 0 aliphatic carbocycles. The SMILES string of the molecule is C[N+]1=C(N)/C(=C\c2ccccc2)c2ccccc21. The van der Waals surface area contributed by atoms with Crippen molar-refractivity contribution in [3.05, 3.63) is 65.7 Å². The maximum Gasteiger partial charge on any atom is 0.280 e. The van der Waals surface area contributed by atoms with Gasteiger partial charge in [-0.3, -0.25) is 5.73 Å². The number of hydrogen-bond donors (Lipinski definition) is 1. The van der Waals surface area contributed by atoms with Gasteiger partial charge in [-0.15, -0.1) is 0 Å². The molecule has 2 N–H and O–H groups in total. The molecule has 88 valence electrons. The fraction of sp³-hybridized carbons (Fsp3) is 0.0625. The molecular formula is C16H15N2+. The van der Waals surface area contributed by atoms with Gasteiger partial charge in [0.25, 0.3) is 5.84 Å². The first kappa shape index (κ1) is 10.8. The van der Waals surface area contributed by atoms with E-state index in [4.69, 9.17) is 5.73 Å². The van der Waals surface area contributed by atoms with Gasteiger partial charge in [-0.25, -0.2) is 4.58 Å². The summed E-state index contributed by atoms with van der Waals surface area (Å²) in [5.74, 6) is 0.806. The number of nitrogens with two attached hydrogens (primary N) is 1. The highest BCUT2D eigenvalue weighted by Crippen LogP contribution is 2.32. The number of para-hydroxylation sites is 1. The zero-order valence-corrected chi connectivity index (χ0v) is 10.3. The van der Waals surface area contributed by atoms with Gasteiger partial charge in [0.15, 0.2) is 0 Å². The van der Waals surface area contributed by atoms with Gasteiger partial charge in [-0.05, 0) is 23.8 Å².